The first-order valence-electron chi connectivity index (χ1n) is 7.96. The summed E-state index contributed by atoms with van der Waals surface area (Å²) >= 11 is 0. The van der Waals surface area contributed by atoms with E-state index in [1.165, 1.54) is 6.07 Å². The lowest BCUT2D eigenvalue weighted by molar-refractivity contribution is -0.115. The van der Waals surface area contributed by atoms with Crippen molar-refractivity contribution >= 4 is 11.6 Å². The quantitative estimate of drug-likeness (QED) is 0.764. The van der Waals surface area contributed by atoms with E-state index in [1.807, 2.05) is 13.0 Å². The van der Waals surface area contributed by atoms with E-state index in [4.69, 9.17) is 4.74 Å². The Kier molecular flexibility index (Phi) is 6.29. The third-order valence-electron chi connectivity index (χ3n) is 3.71. The molecule has 0 unspecified atom stereocenters. The number of nitrogens with one attached hydrogen (secondary N) is 1. The highest BCUT2D eigenvalue weighted by Gasteiger charge is 2.15. The van der Waals surface area contributed by atoms with Gasteiger partial charge in [0.2, 0.25) is 5.91 Å². The van der Waals surface area contributed by atoms with Crippen LogP contribution in [0.2, 0.25) is 0 Å². The number of ether oxygens (including phenoxy) is 1. The highest BCUT2D eigenvalue weighted by Crippen LogP contribution is 2.31. The average molecular weight is 333 g/mol. The SMILES string of the molecule is CCC(=O)Nc1ccccc1COc1ccc(CC)cc1C(F)F. The first kappa shape index (κ1) is 17.9. The molecule has 0 saturated heterocycles. The van der Waals surface area contributed by atoms with Gasteiger partial charge >= 0.3 is 0 Å². The van der Waals surface area contributed by atoms with Gasteiger partial charge in [-0.25, -0.2) is 8.78 Å². The lowest BCUT2D eigenvalue weighted by atomic mass is 10.1. The third-order valence-corrected chi connectivity index (χ3v) is 3.71. The van der Waals surface area contributed by atoms with Gasteiger partial charge in [0.05, 0.1) is 5.56 Å². The van der Waals surface area contributed by atoms with Crippen molar-refractivity contribution in [3.05, 3.63) is 59.2 Å². The Hall–Kier alpha value is -2.43. The largest absolute Gasteiger partial charge is 0.488 e. The Balaban J connectivity index is 2.18. The molecule has 2 aromatic rings. The van der Waals surface area contributed by atoms with Crippen LogP contribution >= 0.6 is 0 Å². The second kappa shape index (κ2) is 8.43. The molecule has 2 aromatic carbocycles. The normalized spacial score (nSPS) is 10.7. The highest BCUT2D eigenvalue weighted by molar-refractivity contribution is 5.91. The molecule has 3 nitrogen and oxygen atoms in total. The first-order chi connectivity index (χ1) is 11.5. The number of alkyl halides is 2. The molecular formula is C19H21F2NO2. The van der Waals surface area contributed by atoms with Crippen LogP contribution in [0.5, 0.6) is 5.75 Å². The molecule has 0 fully saturated rings. The Morgan fingerprint density at radius 2 is 1.92 bits per heavy atom. The van der Waals surface area contributed by atoms with E-state index in [0.717, 1.165) is 11.1 Å². The van der Waals surface area contributed by atoms with Crippen molar-refractivity contribution in [2.75, 3.05) is 5.32 Å². The molecule has 1 N–H and O–H groups in total. The van der Waals surface area contributed by atoms with Crippen molar-refractivity contribution in [1.29, 1.82) is 0 Å². The number of halogens is 2. The Bertz CT molecular complexity index is 702. The second-order valence-corrected chi connectivity index (χ2v) is 5.37. The van der Waals surface area contributed by atoms with Crippen molar-refractivity contribution in [3.63, 3.8) is 0 Å². The lowest BCUT2D eigenvalue weighted by Crippen LogP contribution is -2.12. The number of hydrogen-bond acceptors (Lipinski definition) is 2. The third kappa shape index (κ3) is 4.54. The van der Waals surface area contributed by atoms with Gasteiger partial charge in [-0.1, -0.05) is 38.1 Å². The topological polar surface area (TPSA) is 38.3 Å². The molecule has 5 heteroatoms. The number of aryl methyl sites for hydroxylation is 1. The zero-order chi connectivity index (χ0) is 17.5. The summed E-state index contributed by atoms with van der Waals surface area (Å²) in [4.78, 5) is 11.6. The molecule has 0 aromatic heterocycles. The van der Waals surface area contributed by atoms with Crippen molar-refractivity contribution in [2.45, 2.75) is 39.7 Å². The van der Waals surface area contributed by atoms with Crippen LogP contribution in [0.3, 0.4) is 0 Å². The van der Waals surface area contributed by atoms with Crippen molar-refractivity contribution in [1.82, 2.24) is 0 Å². The van der Waals surface area contributed by atoms with Crippen LogP contribution in [0.25, 0.3) is 0 Å². The van der Waals surface area contributed by atoms with Gasteiger partial charge in [-0.05, 0) is 30.2 Å². The maximum absolute atomic E-state index is 13.2. The lowest BCUT2D eigenvalue weighted by Gasteiger charge is -2.15. The Labute approximate surface area is 140 Å². The Morgan fingerprint density at radius 3 is 2.58 bits per heavy atom. The predicted molar refractivity (Wildman–Crippen MR) is 90.5 cm³/mol. The van der Waals surface area contributed by atoms with Crippen molar-refractivity contribution in [3.8, 4) is 5.75 Å². The summed E-state index contributed by atoms with van der Waals surface area (Å²) in [5, 5.41) is 2.79. The summed E-state index contributed by atoms with van der Waals surface area (Å²) in [5.41, 5.74) is 2.10. The minimum absolute atomic E-state index is 0.103. The van der Waals surface area contributed by atoms with Crippen LogP contribution in [0.1, 0.15) is 43.4 Å². The van der Waals surface area contributed by atoms with Crippen molar-refractivity contribution in [2.24, 2.45) is 0 Å². The molecule has 0 spiro atoms. The number of rotatable bonds is 7. The zero-order valence-electron chi connectivity index (χ0n) is 13.8. The molecule has 0 bridgehead atoms. The zero-order valence-corrected chi connectivity index (χ0v) is 13.8. The molecule has 0 heterocycles. The van der Waals surface area contributed by atoms with E-state index in [0.29, 0.717) is 18.5 Å². The molecule has 0 radical (unpaired) electrons. The fourth-order valence-corrected chi connectivity index (χ4v) is 2.28. The number of hydrogen-bond donors (Lipinski definition) is 1. The van der Waals surface area contributed by atoms with Crippen molar-refractivity contribution < 1.29 is 18.3 Å². The molecule has 0 atom stereocenters. The fraction of sp³-hybridized carbons (Fsp3) is 0.316. The number of carbonyl (C=O) groups excluding carboxylic acids is 1. The molecule has 0 saturated carbocycles. The number of anilines is 1. The molecule has 24 heavy (non-hydrogen) atoms. The van der Waals surface area contributed by atoms with Gasteiger partial charge in [-0.2, -0.15) is 0 Å². The first-order valence-corrected chi connectivity index (χ1v) is 7.96. The summed E-state index contributed by atoms with van der Waals surface area (Å²) in [6.45, 7) is 3.78. The number of carbonyl (C=O) groups is 1. The van der Waals surface area contributed by atoms with Crippen LogP contribution in [0, 0.1) is 0 Å². The highest BCUT2D eigenvalue weighted by atomic mass is 19.3. The van der Waals surface area contributed by atoms with E-state index in [1.54, 1.807) is 37.3 Å². The molecule has 2 rings (SSSR count). The molecule has 0 aliphatic carbocycles. The predicted octanol–water partition coefficient (Wildman–Crippen LogP) is 5.11. The summed E-state index contributed by atoms with van der Waals surface area (Å²) in [6.07, 6.45) is -1.55. The van der Waals surface area contributed by atoms with Crippen LogP contribution < -0.4 is 10.1 Å². The van der Waals surface area contributed by atoms with Crippen LogP contribution in [0.4, 0.5) is 14.5 Å². The number of benzene rings is 2. The Morgan fingerprint density at radius 1 is 1.17 bits per heavy atom. The summed E-state index contributed by atoms with van der Waals surface area (Å²) in [7, 11) is 0. The second-order valence-electron chi connectivity index (χ2n) is 5.37. The summed E-state index contributed by atoms with van der Waals surface area (Å²) < 4.78 is 32.1. The van der Waals surface area contributed by atoms with Gasteiger partial charge < -0.3 is 10.1 Å². The monoisotopic (exact) mass is 333 g/mol. The molecule has 1 amide bonds. The summed E-state index contributed by atoms with van der Waals surface area (Å²) in [6, 6.07) is 12.0. The van der Waals surface area contributed by atoms with Gasteiger partial charge in [0.25, 0.3) is 6.43 Å². The van der Waals surface area contributed by atoms with Gasteiger partial charge in [0.15, 0.2) is 0 Å². The maximum atomic E-state index is 13.2. The van der Waals surface area contributed by atoms with E-state index < -0.39 is 6.43 Å². The van der Waals surface area contributed by atoms with Crippen LogP contribution in [-0.4, -0.2) is 5.91 Å². The molecule has 128 valence electrons. The number of amides is 1. The van der Waals surface area contributed by atoms with Gasteiger partial charge in [0.1, 0.15) is 12.4 Å². The minimum Gasteiger partial charge on any atom is -0.488 e. The smallest absolute Gasteiger partial charge is 0.267 e. The maximum Gasteiger partial charge on any atom is 0.267 e. The van der Waals surface area contributed by atoms with E-state index in [2.05, 4.69) is 5.32 Å². The van der Waals surface area contributed by atoms with Crippen LogP contribution in [0.15, 0.2) is 42.5 Å². The van der Waals surface area contributed by atoms with Gasteiger partial charge in [-0.3, -0.25) is 4.79 Å². The standard InChI is InChI=1S/C19H21F2NO2/c1-3-13-9-10-17(15(11-13)19(20)21)24-12-14-7-5-6-8-16(14)22-18(23)4-2/h5-11,19H,3-4,12H2,1-2H3,(H,22,23). The summed E-state index contributed by atoms with van der Waals surface area (Å²) in [5.74, 6) is 0.0573. The fourth-order valence-electron chi connectivity index (χ4n) is 2.28. The van der Waals surface area contributed by atoms with Gasteiger partial charge in [0, 0.05) is 17.7 Å². The number of para-hydroxylation sites is 1. The molecular weight excluding hydrogens is 312 g/mol. The van der Waals surface area contributed by atoms with E-state index in [9.17, 15) is 13.6 Å². The van der Waals surface area contributed by atoms with Crippen LogP contribution in [-0.2, 0) is 17.8 Å². The van der Waals surface area contributed by atoms with E-state index in [-0.39, 0.29) is 23.8 Å². The molecule has 0 aliphatic rings. The van der Waals surface area contributed by atoms with Gasteiger partial charge in [-0.15, -0.1) is 0 Å². The minimum atomic E-state index is -2.60. The molecule has 0 aliphatic heterocycles. The average Bonchev–Trinajstić information content (AvgIpc) is 2.60. The van der Waals surface area contributed by atoms with E-state index >= 15 is 0 Å².